The first-order valence-corrected chi connectivity index (χ1v) is 12.8. The molecule has 0 radical (unpaired) electrons. The lowest BCUT2D eigenvalue weighted by atomic mass is 10.1. The molecule has 8 nitrogen and oxygen atoms in total. The predicted molar refractivity (Wildman–Crippen MR) is 150 cm³/mol. The minimum Gasteiger partial charge on any atom is -0.356 e. The molecule has 1 heterocycles. The lowest BCUT2D eigenvalue weighted by Gasteiger charge is -2.15. The number of aryl methyl sites for hydroxylation is 1. The van der Waals surface area contributed by atoms with Gasteiger partial charge in [0.05, 0.1) is 23.0 Å². The molecule has 0 atom stereocenters. The number of nitrogens with zero attached hydrogens (tertiary/aromatic N) is 2. The molecule has 4 rings (SSSR count). The molecule has 0 aliphatic heterocycles. The fourth-order valence-corrected chi connectivity index (χ4v) is 4.38. The molecular weight excluding hydrogens is 480 g/mol. The first-order chi connectivity index (χ1) is 18.4. The van der Waals surface area contributed by atoms with Gasteiger partial charge in [-0.05, 0) is 60.9 Å². The molecule has 2 N–H and O–H groups in total. The number of benzene rings is 3. The Kier molecular flexibility index (Phi) is 8.53. The largest absolute Gasteiger partial charge is 0.356 e. The Morgan fingerprint density at radius 3 is 2.37 bits per heavy atom. The first-order valence-electron chi connectivity index (χ1n) is 12.8. The summed E-state index contributed by atoms with van der Waals surface area (Å²) in [5.41, 5.74) is 2.06. The normalized spacial score (nSPS) is 10.9. The van der Waals surface area contributed by atoms with Crippen LogP contribution in [0.15, 0.2) is 82.4 Å². The van der Waals surface area contributed by atoms with Crippen molar-refractivity contribution >= 4 is 28.4 Å². The van der Waals surface area contributed by atoms with Crippen LogP contribution in [0.3, 0.4) is 0 Å². The van der Waals surface area contributed by atoms with Gasteiger partial charge in [-0.1, -0.05) is 56.2 Å². The summed E-state index contributed by atoms with van der Waals surface area (Å²) in [5, 5.41) is 6.06. The van der Waals surface area contributed by atoms with Gasteiger partial charge in [-0.15, -0.1) is 0 Å². The number of carbonyl (C=O) groups is 2. The van der Waals surface area contributed by atoms with Crippen LogP contribution in [0.25, 0.3) is 16.6 Å². The maximum atomic E-state index is 13.6. The zero-order chi connectivity index (χ0) is 27.1. The molecule has 38 heavy (non-hydrogen) atoms. The summed E-state index contributed by atoms with van der Waals surface area (Å²) in [5.74, 6) is -0.452. The van der Waals surface area contributed by atoms with E-state index < -0.39 is 11.2 Å². The molecular formula is C30H32N4O4. The highest BCUT2D eigenvalue weighted by Gasteiger charge is 2.17. The number of aromatic nitrogens is 2. The third-order valence-electron chi connectivity index (χ3n) is 6.32. The number of nitrogens with one attached hydrogen (secondary N) is 2. The first kappa shape index (κ1) is 26.6. The van der Waals surface area contributed by atoms with Crippen LogP contribution < -0.4 is 21.9 Å². The van der Waals surface area contributed by atoms with E-state index >= 15 is 0 Å². The summed E-state index contributed by atoms with van der Waals surface area (Å²) in [6.07, 6.45) is 3.31. The Bertz CT molecular complexity index is 1570. The van der Waals surface area contributed by atoms with Gasteiger partial charge < -0.3 is 10.6 Å². The van der Waals surface area contributed by atoms with E-state index in [1.807, 2.05) is 25.1 Å². The van der Waals surface area contributed by atoms with Crippen molar-refractivity contribution in [3.05, 3.63) is 105 Å². The molecule has 196 valence electrons. The van der Waals surface area contributed by atoms with E-state index in [4.69, 9.17) is 0 Å². The van der Waals surface area contributed by atoms with Crippen molar-refractivity contribution in [3.8, 4) is 5.69 Å². The van der Waals surface area contributed by atoms with Gasteiger partial charge >= 0.3 is 5.69 Å². The SMILES string of the molecule is CCCCCNC(=O)Cc1ccc(-n2c(=O)c3ccccc3n(CC(=O)Nc3cccc(C)c3)c2=O)cc1. The van der Waals surface area contributed by atoms with Crippen molar-refractivity contribution in [3.63, 3.8) is 0 Å². The molecule has 3 aromatic carbocycles. The van der Waals surface area contributed by atoms with Gasteiger partial charge in [-0.2, -0.15) is 0 Å². The van der Waals surface area contributed by atoms with Crippen molar-refractivity contribution in [1.29, 1.82) is 0 Å². The zero-order valence-corrected chi connectivity index (χ0v) is 21.7. The Morgan fingerprint density at radius 2 is 1.63 bits per heavy atom. The van der Waals surface area contributed by atoms with Gasteiger partial charge in [0, 0.05) is 12.2 Å². The van der Waals surface area contributed by atoms with Crippen LogP contribution in [0.2, 0.25) is 0 Å². The van der Waals surface area contributed by atoms with Crippen LogP contribution in [-0.4, -0.2) is 27.5 Å². The molecule has 0 bridgehead atoms. The van der Waals surface area contributed by atoms with Crippen molar-refractivity contribution in [2.24, 2.45) is 0 Å². The number of fused-ring (bicyclic) bond motifs is 1. The van der Waals surface area contributed by atoms with Crippen LogP contribution >= 0.6 is 0 Å². The monoisotopic (exact) mass is 512 g/mol. The van der Waals surface area contributed by atoms with E-state index in [1.54, 1.807) is 54.6 Å². The molecule has 0 fully saturated rings. The standard InChI is InChI=1S/C30H32N4O4/c1-3-4-7-17-31-27(35)19-22-13-15-24(16-14-22)34-29(37)25-11-5-6-12-26(25)33(30(34)38)20-28(36)32-23-10-8-9-21(2)18-23/h5-6,8-16,18H,3-4,7,17,19-20H2,1-2H3,(H,31,35)(H,32,36). The van der Waals surface area contributed by atoms with Crippen LogP contribution in [0.5, 0.6) is 0 Å². The Hall–Kier alpha value is -4.46. The minimum atomic E-state index is -0.616. The van der Waals surface area contributed by atoms with Gasteiger partial charge in [0.2, 0.25) is 11.8 Å². The van der Waals surface area contributed by atoms with E-state index in [1.165, 1.54) is 4.57 Å². The molecule has 4 aromatic rings. The van der Waals surface area contributed by atoms with Crippen molar-refractivity contribution in [1.82, 2.24) is 14.5 Å². The maximum Gasteiger partial charge on any atom is 0.336 e. The van der Waals surface area contributed by atoms with E-state index in [9.17, 15) is 19.2 Å². The summed E-state index contributed by atoms with van der Waals surface area (Å²) < 4.78 is 2.37. The van der Waals surface area contributed by atoms with Gasteiger partial charge in [0.25, 0.3) is 5.56 Å². The summed E-state index contributed by atoms with van der Waals surface area (Å²) >= 11 is 0. The predicted octanol–water partition coefficient (Wildman–Crippen LogP) is 3.95. The second kappa shape index (κ2) is 12.2. The third-order valence-corrected chi connectivity index (χ3v) is 6.32. The average Bonchev–Trinajstić information content (AvgIpc) is 2.90. The number of anilines is 1. The minimum absolute atomic E-state index is 0.0706. The lowest BCUT2D eigenvalue weighted by Crippen LogP contribution is -2.40. The van der Waals surface area contributed by atoms with Crippen LogP contribution in [0.4, 0.5) is 5.69 Å². The zero-order valence-electron chi connectivity index (χ0n) is 21.7. The number of unbranched alkanes of at least 4 members (excludes halogenated alkanes) is 2. The Labute approximate surface area is 220 Å². The lowest BCUT2D eigenvalue weighted by molar-refractivity contribution is -0.120. The van der Waals surface area contributed by atoms with Gasteiger partial charge in [0.1, 0.15) is 6.54 Å². The molecule has 0 aliphatic carbocycles. The molecule has 0 spiro atoms. The molecule has 0 saturated carbocycles. The average molecular weight is 513 g/mol. The second-order valence-corrected chi connectivity index (χ2v) is 9.34. The highest BCUT2D eigenvalue weighted by molar-refractivity contribution is 5.91. The number of amides is 2. The van der Waals surface area contributed by atoms with Gasteiger partial charge in [0.15, 0.2) is 0 Å². The highest BCUT2D eigenvalue weighted by Crippen LogP contribution is 2.13. The van der Waals surface area contributed by atoms with E-state index in [-0.39, 0.29) is 24.8 Å². The highest BCUT2D eigenvalue weighted by atomic mass is 16.2. The Balaban J connectivity index is 1.62. The smallest absolute Gasteiger partial charge is 0.336 e. The Morgan fingerprint density at radius 1 is 0.868 bits per heavy atom. The molecule has 2 amide bonds. The second-order valence-electron chi connectivity index (χ2n) is 9.34. The fourth-order valence-electron chi connectivity index (χ4n) is 4.38. The topological polar surface area (TPSA) is 102 Å². The van der Waals surface area contributed by atoms with Crippen molar-refractivity contribution < 1.29 is 9.59 Å². The molecule has 0 aliphatic rings. The summed E-state index contributed by atoms with van der Waals surface area (Å²) in [6, 6.07) is 20.9. The van der Waals surface area contributed by atoms with Crippen LogP contribution in [0, 0.1) is 6.92 Å². The van der Waals surface area contributed by atoms with Gasteiger partial charge in [-0.3, -0.25) is 19.0 Å². The van der Waals surface area contributed by atoms with E-state index in [0.29, 0.717) is 28.8 Å². The summed E-state index contributed by atoms with van der Waals surface area (Å²) in [4.78, 5) is 52.0. The molecule has 0 unspecified atom stereocenters. The van der Waals surface area contributed by atoms with Gasteiger partial charge in [-0.25, -0.2) is 9.36 Å². The molecule has 8 heteroatoms. The fraction of sp³-hybridized carbons (Fsp3) is 0.267. The number of para-hydroxylation sites is 1. The van der Waals surface area contributed by atoms with E-state index in [0.717, 1.165) is 35.0 Å². The third kappa shape index (κ3) is 6.26. The summed E-state index contributed by atoms with van der Waals surface area (Å²) in [6.45, 7) is 4.42. The molecule has 0 saturated heterocycles. The molecule has 1 aromatic heterocycles. The maximum absolute atomic E-state index is 13.6. The van der Waals surface area contributed by atoms with Crippen LogP contribution in [-0.2, 0) is 22.6 Å². The summed E-state index contributed by atoms with van der Waals surface area (Å²) in [7, 11) is 0. The van der Waals surface area contributed by atoms with Crippen molar-refractivity contribution in [2.75, 3.05) is 11.9 Å². The number of rotatable bonds is 10. The van der Waals surface area contributed by atoms with E-state index in [2.05, 4.69) is 17.6 Å². The quantitative estimate of drug-likeness (QED) is 0.314. The number of hydrogen-bond donors (Lipinski definition) is 2. The van der Waals surface area contributed by atoms with Crippen molar-refractivity contribution in [2.45, 2.75) is 46.1 Å². The van der Waals surface area contributed by atoms with Crippen LogP contribution in [0.1, 0.15) is 37.3 Å². The number of carbonyl (C=O) groups excluding carboxylic acids is 2. The number of hydrogen-bond acceptors (Lipinski definition) is 4.